The molecule has 1 aliphatic rings. The van der Waals surface area contributed by atoms with Crippen molar-refractivity contribution in [1.29, 1.82) is 0 Å². The molecule has 0 bridgehead atoms. The highest BCUT2D eigenvalue weighted by Gasteiger charge is 2.24. The average molecular weight is 341 g/mol. The molecule has 8 heteroatoms. The number of anilines is 1. The smallest absolute Gasteiger partial charge is 0.387 e. The monoisotopic (exact) mass is 341 g/mol. The number of benzene rings is 1. The first kappa shape index (κ1) is 18.0. The predicted octanol–water partition coefficient (Wildman–Crippen LogP) is 2.73. The molecular weight excluding hydrogens is 320 g/mol. The minimum absolute atomic E-state index is 0.0255. The quantitative estimate of drug-likeness (QED) is 0.885. The molecule has 24 heavy (non-hydrogen) atoms. The summed E-state index contributed by atoms with van der Waals surface area (Å²) in [5.41, 5.74) is 0.848. The van der Waals surface area contributed by atoms with Crippen LogP contribution in [-0.2, 0) is 4.79 Å². The summed E-state index contributed by atoms with van der Waals surface area (Å²) in [7, 11) is 0. The molecule has 1 aliphatic heterocycles. The average Bonchev–Trinajstić information content (AvgIpc) is 2.50. The van der Waals surface area contributed by atoms with Gasteiger partial charge in [-0.2, -0.15) is 8.78 Å². The lowest BCUT2D eigenvalue weighted by Crippen LogP contribution is -2.50. The third-order valence-electron chi connectivity index (χ3n) is 3.86. The van der Waals surface area contributed by atoms with Crippen LogP contribution in [-0.4, -0.2) is 42.6 Å². The third kappa shape index (κ3) is 4.81. The first-order valence-corrected chi connectivity index (χ1v) is 7.74. The van der Waals surface area contributed by atoms with Crippen LogP contribution in [0, 0.1) is 6.92 Å². The SMILES string of the molecule is CC(=O)N[C@H]1CCCN(C(=O)Nc2cccc(OC(F)F)c2C)C1. The molecule has 2 rings (SSSR count). The normalized spacial score (nSPS) is 17.5. The maximum Gasteiger partial charge on any atom is 0.387 e. The number of rotatable bonds is 4. The number of ether oxygens (including phenoxy) is 1. The van der Waals surface area contributed by atoms with Crippen molar-refractivity contribution in [2.24, 2.45) is 0 Å². The Kier molecular flexibility index (Phi) is 5.94. The number of likely N-dealkylation sites (tertiary alicyclic amines) is 1. The molecule has 1 fully saturated rings. The van der Waals surface area contributed by atoms with Gasteiger partial charge in [0.05, 0.1) is 0 Å². The van der Waals surface area contributed by atoms with E-state index in [-0.39, 0.29) is 23.7 Å². The fourth-order valence-corrected chi connectivity index (χ4v) is 2.73. The van der Waals surface area contributed by atoms with Crippen LogP contribution in [0.1, 0.15) is 25.3 Å². The molecule has 0 saturated carbocycles. The first-order valence-electron chi connectivity index (χ1n) is 7.74. The lowest BCUT2D eigenvalue weighted by Gasteiger charge is -2.33. The molecule has 1 heterocycles. The minimum Gasteiger partial charge on any atom is -0.434 e. The largest absolute Gasteiger partial charge is 0.434 e. The highest BCUT2D eigenvalue weighted by atomic mass is 19.3. The fourth-order valence-electron chi connectivity index (χ4n) is 2.73. The summed E-state index contributed by atoms with van der Waals surface area (Å²) in [5.74, 6) is -0.104. The highest BCUT2D eigenvalue weighted by molar-refractivity contribution is 5.90. The maximum absolute atomic E-state index is 12.4. The van der Waals surface area contributed by atoms with Gasteiger partial charge < -0.3 is 20.3 Å². The molecule has 0 radical (unpaired) electrons. The van der Waals surface area contributed by atoms with Crippen molar-refractivity contribution < 1.29 is 23.1 Å². The zero-order chi connectivity index (χ0) is 17.7. The van der Waals surface area contributed by atoms with E-state index < -0.39 is 6.61 Å². The number of amides is 3. The van der Waals surface area contributed by atoms with E-state index in [4.69, 9.17) is 0 Å². The van der Waals surface area contributed by atoms with E-state index >= 15 is 0 Å². The molecule has 1 saturated heterocycles. The molecule has 6 nitrogen and oxygen atoms in total. The Balaban J connectivity index is 2.02. The van der Waals surface area contributed by atoms with Crippen LogP contribution < -0.4 is 15.4 Å². The summed E-state index contributed by atoms with van der Waals surface area (Å²) >= 11 is 0. The van der Waals surface area contributed by atoms with Gasteiger partial charge in [0.2, 0.25) is 5.91 Å². The van der Waals surface area contributed by atoms with E-state index in [9.17, 15) is 18.4 Å². The number of alkyl halides is 2. The Morgan fingerprint density at radius 1 is 1.38 bits per heavy atom. The molecule has 1 aromatic rings. The lowest BCUT2D eigenvalue weighted by molar-refractivity contribution is -0.119. The molecule has 0 aliphatic carbocycles. The summed E-state index contributed by atoms with van der Waals surface area (Å²) in [6.45, 7) is 1.11. The van der Waals surface area contributed by atoms with Gasteiger partial charge in [0, 0.05) is 37.3 Å². The number of halogens is 2. The van der Waals surface area contributed by atoms with Gasteiger partial charge in [-0.3, -0.25) is 4.79 Å². The van der Waals surface area contributed by atoms with E-state index in [0.717, 1.165) is 12.8 Å². The number of urea groups is 1. The molecule has 132 valence electrons. The van der Waals surface area contributed by atoms with E-state index in [1.54, 1.807) is 17.9 Å². The van der Waals surface area contributed by atoms with Gasteiger partial charge in [-0.1, -0.05) is 6.07 Å². The van der Waals surface area contributed by atoms with Crippen LogP contribution in [0.5, 0.6) is 5.75 Å². The van der Waals surface area contributed by atoms with Crippen LogP contribution in [0.3, 0.4) is 0 Å². The molecule has 1 aromatic carbocycles. The Morgan fingerprint density at radius 2 is 2.12 bits per heavy atom. The number of hydrogen-bond acceptors (Lipinski definition) is 3. The van der Waals surface area contributed by atoms with E-state index in [0.29, 0.717) is 24.3 Å². The number of carbonyl (C=O) groups excluding carboxylic acids is 2. The van der Waals surface area contributed by atoms with Gasteiger partial charge in [0.25, 0.3) is 0 Å². The zero-order valence-electron chi connectivity index (χ0n) is 13.6. The van der Waals surface area contributed by atoms with Crippen molar-refractivity contribution >= 4 is 17.6 Å². The van der Waals surface area contributed by atoms with Crippen molar-refractivity contribution in [3.05, 3.63) is 23.8 Å². The molecule has 2 N–H and O–H groups in total. The second-order valence-electron chi connectivity index (χ2n) is 5.72. The molecule has 1 atom stereocenters. The van der Waals surface area contributed by atoms with Crippen LogP contribution in [0.4, 0.5) is 19.3 Å². The predicted molar refractivity (Wildman–Crippen MR) is 85.2 cm³/mol. The lowest BCUT2D eigenvalue weighted by atomic mass is 10.1. The topological polar surface area (TPSA) is 70.7 Å². The van der Waals surface area contributed by atoms with Crippen molar-refractivity contribution in [2.45, 2.75) is 39.3 Å². The van der Waals surface area contributed by atoms with Gasteiger partial charge in [-0.25, -0.2) is 4.79 Å². The van der Waals surface area contributed by atoms with Crippen LogP contribution in [0.15, 0.2) is 18.2 Å². The maximum atomic E-state index is 12.4. The zero-order valence-corrected chi connectivity index (χ0v) is 13.6. The van der Waals surface area contributed by atoms with Crippen molar-refractivity contribution in [1.82, 2.24) is 10.2 Å². The highest BCUT2D eigenvalue weighted by Crippen LogP contribution is 2.27. The first-order chi connectivity index (χ1) is 11.4. The van der Waals surface area contributed by atoms with Crippen LogP contribution in [0.2, 0.25) is 0 Å². The van der Waals surface area contributed by atoms with Gasteiger partial charge in [0.15, 0.2) is 0 Å². The fraction of sp³-hybridized carbons (Fsp3) is 0.500. The molecule has 0 aromatic heterocycles. The Morgan fingerprint density at radius 3 is 2.79 bits per heavy atom. The van der Waals surface area contributed by atoms with Gasteiger partial charge in [-0.15, -0.1) is 0 Å². The number of hydrogen-bond donors (Lipinski definition) is 2. The van der Waals surface area contributed by atoms with E-state index in [2.05, 4.69) is 15.4 Å². The molecular formula is C16H21F2N3O3. The summed E-state index contributed by atoms with van der Waals surface area (Å²) in [6, 6.07) is 4.18. The second-order valence-corrected chi connectivity index (χ2v) is 5.72. The van der Waals surface area contributed by atoms with Crippen molar-refractivity contribution in [2.75, 3.05) is 18.4 Å². The Labute approximate surface area is 139 Å². The molecule has 0 spiro atoms. The van der Waals surface area contributed by atoms with Crippen molar-refractivity contribution in [3.63, 3.8) is 0 Å². The Bertz CT molecular complexity index is 610. The van der Waals surface area contributed by atoms with E-state index in [1.165, 1.54) is 19.1 Å². The minimum atomic E-state index is -2.92. The number of piperidine rings is 1. The summed E-state index contributed by atoms with van der Waals surface area (Å²) in [4.78, 5) is 25.1. The van der Waals surface area contributed by atoms with Crippen LogP contribution in [0.25, 0.3) is 0 Å². The summed E-state index contributed by atoms with van der Waals surface area (Å²) in [6.07, 6.45) is 1.60. The molecule has 0 unspecified atom stereocenters. The van der Waals surface area contributed by atoms with Crippen LogP contribution >= 0.6 is 0 Å². The number of carbonyl (C=O) groups is 2. The van der Waals surface area contributed by atoms with Gasteiger partial charge in [-0.05, 0) is 31.9 Å². The standard InChI is InChI=1S/C16H21F2N3O3/c1-10-13(6-3-7-14(10)24-15(17)18)20-16(23)21-8-4-5-12(9-21)19-11(2)22/h3,6-7,12,15H,4-5,8-9H2,1-2H3,(H,19,22)(H,20,23)/t12-/m0/s1. The van der Waals surface area contributed by atoms with Gasteiger partial charge >= 0.3 is 12.6 Å². The summed E-state index contributed by atoms with van der Waals surface area (Å²) in [5, 5.41) is 5.53. The second kappa shape index (κ2) is 7.94. The van der Waals surface area contributed by atoms with Crippen molar-refractivity contribution in [3.8, 4) is 5.75 Å². The van der Waals surface area contributed by atoms with E-state index in [1.807, 2.05) is 0 Å². The van der Waals surface area contributed by atoms with Gasteiger partial charge in [0.1, 0.15) is 5.75 Å². The summed E-state index contributed by atoms with van der Waals surface area (Å²) < 4.78 is 29.2. The number of nitrogens with zero attached hydrogens (tertiary/aromatic N) is 1. The Hall–Kier alpha value is -2.38. The number of nitrogens with one attached hydrogen (secondary N) is 2. The third-order valence-corrected chi connectivity index (χ3v) is 3.86. The molecule has 3 amide bonds.